The van der Waals surface area contributed by atoms with Gasteiger partial charge in [-0.3, -0.25) is 0 Å². The number of ether oxygens (including phenoxy) is 1. The number of hydrogen-bond acceptors (Lipinski definition) is 5. The molecule has 0 aliphatic carbocycles. The molecule has 4 atom stereocenters. The van der Waals surface area contributed by atoms with Crippen LogP contribution in [0.2, 0.25) is 0 Å². The molecule has 0 saturated carbocycles. The third-order valence-corrected chi connectivity index (χ3v) is 8.42. The Hall–Kier alpha value is -3.68. The SMILES string of the molecule is COC(=O)c1ccc(C2[C@H](CNC(C)c3csc4ccccc34)[C@@H](c3ccccc3)CN2C(=O)O)cc1. The Balaban J connectivity index is 1.47. The molecule has 1 fully saturated rings. The molecule has 4 aromatic rings. The average Bonchev–Trinajstić information content (AvgIpc) is 3.54. The zero-order chi connectivity index (χ0) is 25.9. The molecule has 190 valence electrons. The van der Waals surface area contributed by atoms with Gasteiger partial charge in [0.2, 0.25) is 0 Å². The summed E-state index contributed by atoms with van der Waals surface area (Å²) >= 11 is 1.74. The Kier molecular flexibility index (Phi) is 7.26. The molecule has 2 heterocycles. The molecule has 0 spiro atoms. The number of nitrogens with zero attached hydrogens (tertiary/aromatic N) is 1. The van der Waals surface area contributed by atoms with E-state index in [2.05, 4.69) is 54.0 Å². The van der Waals surface area contributed by atoms with Crippen molar-refractivity contribution in [3.8, 4) is 0 Å². The second kappa shape index (κ2) is 10.7. The molecule has 3 aromatic carbocycles. The lowest BCUT2D eigenvalue weighted by molar-refractivity contribution is 0.0600. The summed E-state index contributed by atoms with van der Waals surface area (Å²) in [6.45, 7) is 3.21. The first-order valence-corrected chi connectivity index (χ1v) is 13.3. The van der Waals surface area contributed by atoms with Gasteiger partial charge < -0.3 is 20.1 Å². The first-order chi connectivity index (χ1) is 18.0. The highest BCUT2D eigenvalue weighted by Crippen LogP contribution is 2.46. The highest BCUT2D eigenvalue weighted by Gasteiger charge is 2.45. The lowest BCUT2D eigenvalue weighted by Gasteiger charge is -2.29. The van der Waals surface area contributed by atoms with E-state index in [9.17, 15) is 14.7 Å². The molecular formula is C30H30N2O4S. The second-order valence-electron chi connectivity index (χ2n) is 9.49. The summed E-state index contributed by atoms with van der Waals surface area (Å²) in [6.07, 6.45) is -0.942. The maximum absolute atomic E-state index is 12.4. The smallest absolute Gasteiger partial charge is 0.407 e. The summed E-state index contributed by atoms with van der Waals surface area (Å²) < 4.78 is 6.09. The number of carbonyl (C=O) groups excluding carboxylic acids is 1. The van der Waals surface area contributed by atoms with Crippen molar-refractivity contribution in [1.29, 1.82) is 0 Å². The van der Waals surface area contributed by atoms with Crippen LogP contribution in [0.3, 0.4) is 0 Å². The van der Waals surface area contributed by atoms with Crippen molar-refractivity contribution in [1.82, 2.24) is 10.2 Å². The Morgan fingerprint density at radius 3 is 2.43 bits per heavy atom. The number of rotatable bonds is 7. The van der Waals surface area contributed by atoms with Crippen LogP contribution in [0.25, 0.3) is 10.1 Å². The Bertz CT molecular complexity index is 1390. The van der Waals surface area contributed by atoms with Gasteiger partial charge in [0.15, 0.2) is 0 Å². The van der Waals surface area contributed by atoms with Crippen LogP contribution in [0.5, 0.6) is 0 Å². The van der Waals surface area contributed by atoms with Crippen molar-refractivity contribution in [2.24, 2.45) is 5.92 Å². The lowest BCUT2D eigenvalue weighted by atomic mass is 9.82. The summed E-state index contributed by atoms with van der Waals surface area (Å²) in [4.78, 5) is 25.9. The molecule has 1 aromatic heterocycles. The number of amides is 1. The maximum Gasteiger partial charge on any atom is 0.407 e. The van der Waals surface area contributed by atoms with E-state index in [0.717, 1.165) is 11.1 Å². The molecule has 6 nitrogen and oxygen atoms in total. The van der Waals surface area contributed by atoms with Crippen molar-refractivity contribution in [2.45, 2.75) is 24.9 Å². The lowest BCUT2D eigenvalue weighted by Crippen LogP contribution is -2.34. The summed E-state index contributed by atoms with van der Waals surface area (Å²) in [7, 11) is 1.35. The number of hydrogen-bond donors (Lipinski definition) is 2. The van der Waals surface area contributed by atoms with E-state index in [-0.39, 0.29) is 23.9 Å². The van der Waals surface area contributed by atoms with Crippen molar-refractivity contribution in [2.75, 3.05) is 20.2 Å². The molecule has 5 rings (SSSR count). The minimum Gasteiger partial charge on any atom is -0.465 e. The van der Waals surface area contributed by atoms with Crippen LogP contribution in [0, 0.1) is 5.92 Å². The van der Waals surface area contributed by atoms with Gasteiger partial charge in [0.25, 0.3) is 0 Å². The summed E-state index contributed by atoms with van der Waals surface area (Å²) in [5, 5.41) is 17.4. The van der Waals surface area contributed by atoms with Gasteiger partial charge in [-0.25, -0.2) is 9.59 Å². The van der Waals surface area contributed by atoms with E-state index < -0.39 is 12.1 Å². The molecule has 7 heteroatoms. The first kappa shape index (κ1) is 25.0. The molecule has 1 saturated heterocycles. The fraction of sp³-hybridized carbons (Fsp3) is 0.267. The normalized spacial score (nSPS) is 20.2. The van der Waals surface area contributed by atoms with Gasteiger partial charge in [-0.15, -0.1) is 11.3 Å². The molecule has 1 aliphatic heterocycles. The van der Waals surface area contributed by atoms with E-state index in [1.54, 1.807) is 28.4 Å². The van der Waals surface area contributed by atoms with Crippen LogP contribution in [0.4, 0.5) is 4.79 Å². The number of carboxylic acid groups (broad SMARTS) is 1. The Morgan fingerprint density at radius 1 is 1.03 bits per heavy atom. The third-order valence-electron chi connectivity index (χ3n) is 7.44. The van der Waals surface area contributed by atoms with Crippen molar-refractivity contribution in [3.63, 3.8) is 0 Å². The number of fused-ring (bicyclic) bond motifs is 1. The van der Waals surface area contributed by atoms with E-state index in [1.807, 2.05) is 30.3 Å². The van der Waals surface area contributed by atoms with E-state index in [1.165, 1.54) is 22.8 Å². The molecule has 1 aliphatic rings. The number of benzene rings is 3. The molecule has 0 bridgehead atoms. The maximum atomic E-state index is 12.4. The van der Waals surface area contributed by atoms with Gasteiger partial charge in [0.1, 0.15) is 0 Å². The van der Waals surface area contributed by atoms with Crippen molar-refractivity contribution in [3.05, 3.63) is 106 Å². The molecule has 0 radical (unpaired) electrons. The van der Waals surface area contributed by atoms with Gasteiger partial charge in [-0.1, -0.05) is 60.7 Å². The van der Waals surface area contributed by atoms with Crippen LogP contribution >= 0.6 is 11.3 Å². The van der Waals surface area contributed by atoms with Gasteiger partial charge in [0, 0.05) is 35.7 Å². The highest BCUT2D eigenvalue weighted by molar-refractivity contribution is 7.17. The standard InChI is InChI=1S/C30H30N2O4S/c1-19(26-18-37-27-11-7-6-10-23(26)27)31-16-24-25(20-8-4-3-5-9-20)17-32(30(34)35)28(24)21-12-14-22(15-13-21)29(33)36-2/h3-15,18-19,24-25,28,31H,16-17H2,1-2H3,(H,34,35)/t19?,24-,25-,28?/m1/s1. The fourth-order valence-electron chi connectivity index (χ4n) is 5.53. The van der Waals surface area contributed by atoms with Gasteiger partial charge in [-0.05, 0) is 52.6 Å². The monoisotopic (exact) mass is 514 g/mol. The van der Waals surface area contributed by atoms with Crippen LogP contribution in [-0.2, 0) is 4.74 Å². The predicted octanol–water partition coefficient (Wildman–Crippen LogP) is 6.47. The third kappa shape index (κ3) is 4.97. The minimum atomic E-state index is -0.942. The first-order valence-electron chi connectivity index (χ1n) is 12.4. The topological polar surface area (TPSA) is 78.9 Å². The van der Waals surface area contributed by atoms with Crippen LogP contribution < -0.4 is 5.32 Å². The van der Waals surface area contributed by atoms with E-state index in [0.29, 0.717) is 18.7 Å². The number of nitrogens with one attached hydrogen (secondary N) is 1. The molecule has 2 unspecified atom stereocenters. The Morgan fingerprint density at radius 2 is 1.73 bits per heavy atom. The van der Waals surface area contributed by atoms with Gasteiger partial charge in [0.05, 0.1) is 18.7 Å². The van der Waals surface area contributed by atoms with Crippen LogP contribution in [0.1, 0.15) is 52.0 Å². The molecule has 37 heavy (non-hydrogen) atoms. The molecular weight excluding hydrogens is 484 g/mol. The van der Waals surface area contributed by atoms with Gasteiger partial charge >= 0.3 is 12.1 Å². The van der Waals surface area contributed by atoms with E-state index in [4.69, 9.17) is 4.74 Å². The van der Waals surface area contributed by atoms with Crippen molar-refractivity contribution >= 4 is 33.5 Å². The number of methoxy groups -OCH3 is 1. The highest BCUT2D eigenvalue weighted by atomic mass is 32.1. The summed E-state index contributed by atoms with van der Waals surface area (Å²) in [6, 6.07) is 25.4. The number of thiophene rings is 1. The largest absolute Gasteiger partial charge is 0.465 e. The quantitative estimate of drug-likeness (QED) is 0.276. The summed E-state index contributed by atoms with van der Waals surface area (Å²) in [5.74, 6) is -0.387. The molecule has 1 amide bonds. The minimum absolute atomic E-state index is 0.00479. The van der Waals surface area contributed by atoms with Crippen LogP contribution in [0.15, 0.2) is 84.2 Å². The number of likely N-dealkylation sites (tertiary alicyclic amines) is 1. The van der Waals surface area contributed by atoms with E-state index >= 15 is 0 Å². The summed E-state index contributed by atoms with van der Waals surface area (Å²) in [5.41, 5.74) is 3.69. The van der Waals surface area contributed by atoms with Gasteiger partial charge in [-0.2, -0.15) is 0 Å². The number of esters is 1. The average molecular weight is 515 g/mol. The molecule has 2 N–H and O–H groups in total. The van der Waals surface area contributed by atoms with Crippen molar-refractivity contribution < 1.29 is 19.4 Å². The zero-order valence-corrected chi connectivity index (χ0v) is 21.7. The fourth-order valence-corrected chi connectivity index (χ4v) is 6.59. The Labute approximate surface area is 220 Å². The predicted molar refractivity (Wildman–Crippen MR) is 146 cm³/mol. The number of carbonyl (C=O) groups is 2. The van der Waals surface area contributed by atoms with Crippen LogP contribution in [-0.4, -0.2) is 42.3 Å². The zero-order valence-electron chi connectivity index (χ0n) is 20.8. The second-order valence-corrected chi connectivity index (χ2v) is 10.4.